The molecule has 5 N–H and O–H groups in total. The summed E-state index contributed by atoms with van der Waals surface area (Å²) in [4.78, 5) is 17.2. The number of anilines is 2. The standard InChI is InChI=1S/C24H28Cl2N8O2/c1-24(33(2)3)11-34(12-24)23-31-7-13(8-32-23)21(28)14-5-19(18(35-4)6-17(14)27)36-22(29)20-15(25)9-30-10-16(20)26/h5-10,22,28H,11-12,27,29H2,1-4H3/t22-/m0/s1. The highest BCUT2D eigenvalue weighted by molar-refractivity contribution is 6.35. The lowest BCUT2D eigenvalue weighted by atomic mass is 9.91. The Morgan fingerprint density at radius 3 is 2.28 bits per heavy atom. The summed E-state index contributed by atoms with van der Waals surface area (Å²) in [5.74, 6) is 1.23. The molecule has 0 bridgehead atoms. The molecule has 2 aromatic heterocycles. The number of rotatable bonds is 8. The molecule has 0 spiro atoms. The van der Waals surface area contributed by atoms with Gasteiger partial charge in [0.2, 0.25) is 5.95 Å². The van der Waals surface area contributed by atoms with E-state index in [9.17, 15) is 0 Å². The van der Waals surface area contributed by atoms with Crippen LogP contribution in [-0.4, -0.2) is 65.4 Å². The van der Waals surface area contributed by atoms with Crippen LogP contribution >= 0.6 is 23.2 Å². The van der Waals surface area contributed by atoms with Crippen LogP contribution in [0.5, 0.6) is 11.5 Å². The van der Waals surface area contributed by atoms with Crippen LogP contribution in [0, 0.1) is 5.41 Å². The number of nitrogens with zero attached hydrogens (tertiary/aromatic N) is 5. The predicted molar refractivity (Wildman–Crippen MR) is 141 cm³/mol. The van der Waals surface area contributed by atoms with Gasteiger partial charge in [-0.25, -0.2) is 9.97 Å². The number of nitrogen functional groups attached to an aromatic ring is 1. The summed E-state index contributed by atoms with van der Waals surface area (Å²) in [7, 11) is 5.61. The molecule has 0 aliphatic carbocycles. The molecule has 0 saturated carbocycles. The molecule has 1 fully saturated rings. The Balaban J connectivity index is 1.57. The van der Waals surface area contributed by atoms with Crippen molar-refractivity contribution in [2.75, 3.05) is 44.9 Å². The van der Waals surface area contributed by atoms with Gasteiger partial charge >= 0.3 is 0 Å². The largest absolute Gasteiger partial charge is 0.493 e. The molecular weight excluding hydrogens is 503 g/mol. The number of benzene rings is 1. The fourth-order valence-corrected chi connectivity index (χ4v) is 4.48. The third-order valence-corrected chi connectivity index (χ3v) is 6.99. The molecule has 1 aromatic carbocycles. The molecule has 0 unspecified atom stereocenters. The molecule has 4 rings (SSSR count). The number of pyridine rings is 1. The highest BCUT2D eigenvalue weighted by atomic mass is 35.5. The van der Waals surface area contributed by atoms with Crippen molar-refractivity contribution in [2.24, 2.45) is 5.73 Å². The maximum absolute atomic E-state index is 8.75. The predicted octanol–water partition coefficient (Wildman–Crippen LogP) is 3.36. The number of hydrogen-bond donors (Lipinski definition) is 3. The molecule has 1 aliphatic heterocycles. The molecule has 36 heavy (non-hydrogen) atoms. The van der Waals surface area contributed by atoms with Crippen molar-refractivity contribution in [3.63, 3.8) is 0 Å². The van der Waals surface area contributed by atoms with E-state index in [-0.39, 0.29) is 27.0 Å². The first-order valence-electron chi connectivity index (χ1n) is 11.1. The van der Waals surface area contributed by atoms with Crippen molar-refractivity contribution >= 4 is 40.5 Å². The molecule has 0 amide bonds. The van der Waals surface area contributed by atoms with Crippen molar-refractivity contribution in [2.45, 2.75) is 18.7 Å². The zero-order chi connectivity index (χ0) is 26.2. The summed E-state index contributed by atoms with van der Waals surface area (Å²) in [6, 6.07) is 3.16. The van der Waals surface area contributed by atoms with E-state index in [1.54, 1.807) is 24.5 Å². The maximum atomic E-state index is 8.75. The van der Waals surface area contributed by atoms with Gasteiger partial charge < -0.3 is 25.0 Å². The van der Waals surface area contributed by atoms with Gasteiger partial charge in [-0.05, 0) is 27.1 Å². The molecule has 10 nitrogen and oxygen atoms in total. The first kappa shape index (κ1) is 25.9. The first-order chi connectivity index (χ1) is 17.0. The van der Waals surface area contributed by atoms with E-state index < -0.39 is 6.23 Å². The van der Waals surface area contributed by atoms with Crippen molar-refractivity contribution < 1.29 is 9.47 Å². The molecule has 12 heteroatoms. The summed E-state index contributed by atoms with van der Waals surface area (Å²) < 4.78 is 11.4. The minimum Gasteiger partial charge on any atom is -0.493 e. The molecule has 1 aliphatic rings. The Labute approximate surface area is 219 Å². The van der Waals surface area contributed by atoms with Gasteiger partial charge in [0.25, 0.3) is 0 Å². The average molecular weight is 531 g/mol. The second-order valence-corrected chi connectivity index (χ2v) is 9.85. The van der Waals surface area contributed by atoms with Crippen LogP contribution in [0.3, 0.4) is 0 Å². The monoisotopic (exact) mass is 530 g/mol. The highest BCUT2D eigenvalue weighted by Gasteiger charge is 2.41. The zero-order valence-electron chi connectivity index (χ0n) is 20.4. The molecule has 1 saturated heterocycles. The Morgan fingerprint density at radius 2 is 1.72 bits per heavy atom. The lowest BCUT2D eigenvalue weighted by Gasteiger charge is -2.51. The third kappa shape index (κ3) is 4.90. The topological polar surface area (TPSA) is 140 Å². The minimum atomic E-state index is -1.01. The molecular formula is C24H28Cl2N8O2. The van der Waals surface area contributed by atoms with Crippen LogP contribution in [-0.2, 0) is 0 Å². The average Bonchev–Trinajstić information content (AvgIpc) is 2.82. The Kier molecular flexibility index (Phi) is 7.24. The van der Waals surface area contributed by atoms with Gasteiger partial charge in [-0.1, -0.05) is 23.2 Å². The number of nitrogens with two attached hydrogens (primary N) is 2. The van der Waals surface area contributed by atoms with Gasteiger partial charge in [0.1, 0.15) is 0 Å². The van der Waals surface area contributed by atoms with Gasteiger partial charge in [-0.15, -0.1) is 0 Å². The molecule has 1 atom stereocenters. The number of likely N-dealkylation sites (N-methyl/N-ethyl adjacent to an activating group) is 1. The summed E-state index contributed by atoms with van der Waals surface area (Å²) in [6.45, 7) is 3.85. The van der Waals surface area contributed by atoms with E-state index >= 15 is 0 Å². The third-order valence-electron chi connectivity index (χ3n) is 6.39. The van der Waals surface area contributed by atoms with Crippen molar-refractivity contribution in [1.29, 1.82) is 5.41 Å². The SMILES string of the molecule is COc1cc(N)c(C(=N)c2cnc(N3CC(C)(N(C)C)C3)nc2)cc1O[C@H](N)c1c(Cl)cncc1Cl. The van der Waals surface area contributed by atoms with Crippen molar-refractivity contribution in [1.82, 2.24) is 19.9 Å². The van der Waals surface area contributed by atoms with Gasteiger partial charge in [-0.3, -0.25) is 16.1 Å². The Hall–Kier alpha value is -3.18. The Bertz CT molecular complexity index is 1260. The van der Waals surface area contributed by atoms with Crippen LogP contribution in [0.1, 0.15) is 29.8 Å². The minimum absolute atomic E-state index is 0.0915. The van der Waals surface area contributed by atoms with Crippen LogP contribution < -0.4 is 25.8 Å². The quantitative estimate of drug-likeness (QED) is 0.227. The summed E-state index contributed by atoms with van der Waals surface area (Å²) in [5, 5.41) is 9.28. The number of ether oxygens (including phenoxy) is 2. The summed E-state index contributed by atoms with van der Waals surface area (Å²) in [5.41, 5.74) is 14.3. The van der Waals surface area contributed by atoms with Crippen molar-refractivity contribution in [3.05, 3.63) is 63.7 Å². The van der Waals surface area contributed by atoms with Crippen LogP contribution in [0.15, 0.2) is 36.9 Å². The van der Waals surface area contributed by atoms with E-state index in [2.05, 4.69) is 45.8 Å². The zero-order valence-corrected chi connectivity index (χ0v) is 21.9. The van der Waals surface area contributed by atoms with Gasteiger partial charge in [0.05, 0.1) is 28.4 Å². The first-order valence-corrected chi connectivity index (χ1v) is 11.8. The second kappa shape index (κ2) is 10.1. The van der Waals surface area contributed by atoms with E-state index in [1.807, 2.05) is 0 Å². The molecule has 3 heterocycles. The number of halogens is 2. The fourth-order valence-electron chi connectivity index (χ4n) is 3.90. The molecule has 3 aromatic rings. The molecule has 190 valence electrons. The van der Waals surface area contributed by atoms with Gasteiger partial charge in [0, 0.05) is 66.3 Å². The van der Waals surface area contributed by atoms with Gasteiger partial charge in [-0.2, -0.15) is 0 Å². The van der Waals surface area contributed by atoms with E-state index in [4.69, 9.17) is 49.6 Å². The molecule has 0 radical (unpaired) electrons. The second-order valence-electron chi connectivity index (χ2n) is 9.04. The lowest BCUT2D eigenvalue weighted by Crippen LogP contribution is -2.67. The van der Waals surface area contributed by atoms with Crippen LogP contribution in [0.25, 0.3) is 0 Å². The summed E-state index contributed by atoms with van der Waals surface area (Å²) >= 11 is 12.4. The normalized spacial score (nSPS) is 15.4. The van der Waals surface area contributed by atoms with Crippen molar-refractivity contribution in [3.8, 4) is 11.5 Å². The maximum Gasteiger partial charge on any atom is 0.225 e. The van der Waals surface area contributed by atoms with E-state index in [1.165, 1.54) is 19.5 Å². The Morgan fingerprint density at radius 1 is 1.11 bits per heavy atom. The summed E-state index contributed by atoms with van der Waals surface area (Å²) in [6.07, 6.45) is 5.07. The van der Waals surface area contributed by atoms with Gasteiger partial charge in [0.15, 0.2) is 17.7 Å². The highest BCUT2D eigenvalue weighted by Crippen LogP contribution is 2.37. The fraction of sp³-hybridized carbons (Fsp3) is 0.333. The number of methoxy groups -OCH3 is 1. The number of aromatic nitrogens is 3. The number of hydrogen-bond acceptors (Lipinski definition) is 10. The smallest absolute Gasteiger partial charge is 0.225 e. The van der Waals surface area contributed by atoms with Crippen LogP contribution in [0.2, 0.25) is 10.0 Å². The van der Waals surface area contributed by atoms with Crippen LogP contribution in [0.4, 0.5) is 11.6 Å². The van der Waals surface area contributed by atoms with E-state index in [0.717, 1.165) is 13.1 Å². The van der Waals surface area contributed by atoms with E-state index in [0.29, 0.717) is 34.1 Å². The lowest BCUT2D eigenvalue weighted by molar-refractivity contribution is 0.132. The number of nitrogens with one attached hydrogen (secondary N) is 1.